The Hall–Kier alpha value is -16.4. The number of fused-ring (bicyclic) bond motifs is 12. The van der Waals surface area contributed by atoms with Gasteiger partial charge in [-0.3, -0.25) is 0 Å². The molecular weight excluding hydrogens is 1690 g/mol. The summed E-state index contributed by atoms with van der Waals surface area (Å²) >= 11 is 0. The van der Waals surface area contributed by atoms with E-state index >= 15 is 0 Å². The molecule has 25 rings (SSSR count). The van der Waals surface area contributed by atoms with Gasteiger partial charge < -0.3 is 0 Å². The molecule has 0 aliphatic carbocycles. The first-order valence-electron chi connectivity index (χ1n) is 46.2. The zero-order valence-corrected chi connectivity index (χ0v) is 78.7. The molecule has 135 heavy (non-hydrogen) atoms. The normalized spacial score (nSPS) is 13.0. The monoisotopic (exact) mass is 1780 g/mol. The maximum atomic E-state index is 5.23. The summed E-state index contributed by atoms with van der Waals surface area (Å²) in [6.07, 6.45) is 0. The second-order valence-electron chi connectivity index (χ2n) is 36.7. The minimum absolute atomic E-state index is 0.669. The van der Waals surface area contributed by atoms with E-state index in [9.17, 15) is 0 Å². The predicted octanol–water partition coefficient (Wildman–Crippen LogP) is 27.2. The molecule has 19 aromatic carbocycles. The molecule has 6 heterocycles. The van der Waals surface area contributed by atoms with Gasteiger partial charge in [0.2, 0.25) is 0 Å². The lowest BCUT2D eigenvalue weighted by Gasteiger charge is -2.22. The molecule has 3 aliphatic rings. The quantitative estimate of drug-likeness (QED) is 0.104. The molecule has 0 unspecified atom stereocenters. The van der Waals surface area contributed by atoms with E-state index in [2.05, 4.69) is 440 Å². The summed E-state index contributed by atoms with van der Waals surface area (Å²) in [5.41, 5.74) is 26.3. The first kappa shape index (κ1) is 83.0. The van der Waals surface area contributed by atoms with Crippen LogP contribution in [0.25, 0.3) is 213 Å². The van der Waals surface area contributed by atoms with Gasteiger partial charge in [0, 0.05) is 50.1 Å². The molecule has 3 aliphatic heterocycles. The summed E-state index contributed by atoms with van der Waals surface area (Å²) < 4.78 is 0. The standard InChI is InChI=1S/C45H33N3Si.2C39H29N3Si/c1-49(2)41-21-9-8-18-38(41)39-19-11-20-40(42(39)49)45-47-43(46-44(48-45)37-17-10-16-35(29-37)30-12-4-3-5-13-30)33-25-22-32(23-26-33)36-27-24-31-14-6-7-15-34(31)28-36;1-43(2)34-20-9-8-17-32(34)36-33(19-11-21-35(36)43)39-41-37(28-13-4-3-5-14-28)40-38(42-39)29-24-22-27(23-25-29)31-18-10-15-26-12-6-7-16-30(26)31;1-43(2)35-18-9-8-16-33(35)34-25-30(23-24-36(34)43)39-41-37(28-12-4-3-5-13-28)40-38(42-39)29-21-19-27(20-22-29)32-17-10-14-26-11-6-7-15-31(26)32/h3-29H,1-2H3;2*3-25H,1-2H3. The highest BCUT2D eigenvalue weighted by atomic mass is 28.3. The zero-order valence-electron chi connectivity index (χ0n) is 75.7. The van der Waals surface area contributed by atoms with Crippen molar-refractivity contribution in [3.05, 3.63) is 443 Å². The van der Waals surface area contributed by atoms with Crippen molar-refractivity contribution >= 4 is 87.7 Å². The summed E-state index contributed by atoms with van der Waals surface area (Å²) in [6.45, 7) is 14.6. The fraction of sp³-hybridized carbons (Fsp3) is 0.0488. The fourth-order valence-corrected chi connectivity index (χ4v) is 30.1. The van der Waals surface area contributed by atoms with Crippen molar-refractivity contribution < 1.29 is 0 Å². The lowest BCUT2D eigenvalue weighted by molar-refractivity contribution is 1.07. The number of aromatic nitrogens is 9. The van der Waals surface area contributed by atoms with Crippen molar-refractivity contribution in [2.24, 2.45) is 0 Å². The highest BCUT2D eigenvalue weighted by Gasteiger charge is 2.42. The third-order valence-electron chi connectivity index (χ3n) is 27.4. The first-order chi connectivity index (χ1) is 66.2. The van der Waals surface area contributed by atoms with Crippen molar-refractivity contribution in [1.82, 2.24) is 44.9 Å². The summed E-state index contributed by atoms with van der Waals surface area (Å²) in [7, 11) is -5.59. The van der Waals surface area contributed by atoms with Crippen molar-refractivity contribution in [3.8, 4) is 180 Å². The Balaban J connectivity index is 0.000000114. The average molecular weight is 1780 g/mol. The molecule has 0 spiro atoms. The van der Waals surface area contributed by atoms with E-state index in [-0.39, 0.29) is 0 Å². The third kappa shape index (κ3) is 15.4. The number of hydrogen-bond acceptors (Lipinski definition) is 9. The highest BCUT2D eigenvalue weighted by molar-refractivity contribution is 7.05. The van der Waals surface area contributed by atoms with Crippen LogP contribution >= 0.6 is 0 Å². The smallest absolute Gasteiger partial charge is 0.164 e. The Morgan fingerprint density at radius 2 is 0.430 bits per heavy atom. The van der Waals surface area contributed by atoms with Crippen molar-refractivity contribution in [2.75, 3.05) is 0 Å². The van der Waals surface area contributed by atoms with Crippen LogP contribution < -0.4 is 31.1 Å². The number of benzene rings is 19. The van der Waals surface area contributed by atoms with Crippen LogP contribution in [0.4, 0.5) is 0 Å². The van der Waals surface area contributed by atoms with Gasteiger partial charge in [-0.2, -0.15) is 0 Å². The summed E-state index contributed by atoms with van der Waals surface area (Å²) in [6, 6.07) is 157. The Bertz CT molecular complexity index is 8370. The maximum absolute atomic E-state index is 5.23. The molecule has 22 aromatic rings. The summed E-state index contributed by atoms with van der Waals surface area (Å²) in [5, 5.41) is 16.2. The summed E-state index contributed by atoms with van der Waals surface area (Å²) in [4.78, 5) is 45.9. The molecule has 640 valence electrons. The Morgan fingerprint density at radius 1 is 0.141 bits per heavy atom. The first-order valence-corrected chi connectivity index (χ1v) is 55.2. The molecule has 9 nitrogen and oxygen atoms in total. The predicted molar refractivity (Wildman–Crippen MR) is 569 cm³/mol. The van der Waals surface area contributed by atoms with E-state index in [0.29, 0.717) is 52.4 Å². The maximum Gasteiger partial charge on any atom is 0.164 e. The van der Waals surface area contributed by atoms with Crippen molar-refractivity contribution in [3.63, 3.8) is 0 Å². The van der Waals surface area contributed by atoms with Gasteiger partial charge in [0.05, 0.1) is 0 Å². The molecule has 0 amide bonds. The molecule has 0 saturated carbocycles. The van der Waals surface area contributed by atoms with E-state index in [1.807, 2.05) is 42.5 Å². The molecule has 0 fully saturated rings. The molecule has 0 bridgehead atoms. The molecule has 0 N–H and O–H groups in total. The van der Waals surface area contributed by atoms with Gasteiger partial charge in [-0.1, -0.05) is 464 Å². The lowest BCUT2D eigenvalue weighted by Crippen LogP contribution is -2.50. The average Bonchev–Trinajstić information content (AvgIpc) is 1.58. The molecule has 12 heteroatoms. The van der Waals surface area contributed by atoms with Crippen molar-refractivity contribution in [2.45, 2.75) is 39.3 Å². The van der Waals surface area contributed by atoms with Crippen LogP contribution in [0.3, 0.4) is 0 Å². The van der Waals surface area contributed by atoms with E-state index in [1.54, 1.807) is 0 Å². The van der Waals surface area contributed by atoms with Crippen molar-refractivity contribution in [1.29, 1.82) is 0 Å². The van der Waals surface area contributed by atoms with Gasteiger partial charge in [-0.25, -0.2) is 44.9 Å². The van der Waals surface area contributed by atoms with Crippen LogP contribution in [0.1, 0.15) is 0 Å². The minimum Gasteiger partial charge on any atom is -0.208 e. The minimum atomic E-state index is -2.02. The van der Waals surface area contributed by atoms with Gasteiger partial charge in [0.25, 0.3) is 0 Å². The third-order valence-corrected chi connectivity index (χ3v) is 38.1. The molecule has 0 atom stereocenters. The van der Waals surface area contributed by atoms with Gasteiger partial charge in [0.1, 0.15) is 24.2 Å². The van der Waals surface area contributed by atoms with Crippen LogP contribution in [0.2, 0.25) is 39.3 Å². The molecular formula is C123H91N9Si3. The Labute approximate surface area is 789 Å². The Kier molecular flexibility index (Phi) is 21.2. The van der Waals surface area contributed by atoms with E-state index in [4.69, 9.17) is 44.9 Å². The van der Waals surface area contributed by atoms with Crippen LogP contribution in [0.15, 0.2) is 443 Å². The number of nitrogens with zero attached hydrogens (tertiary/aromatic N) is 9. The second-order valence-corrected chi connectivity index (χ2v) is 49.6. The molecule has 0 saturated heterocycles. The lowest BCUT2D eigenvalue weighted by atomic mass is 9.97. The van der Waals surface area contributed by atoms with Crippen LogP contribution in [-0.4, -0.2) is 69.1 Å². The highest BCUT2D eigenvalue weighted by Crippen LogP contribution is 2.42. The molecule has 0 radical (unpaired) electrons. The molecule has 3 aromatic heterocycles. The number of rotatable bonds is 13. The van der Waals surface area contributed by atoms with Crippen LogP contribution in [0.5, 0.6) is 0 Å². The van der Waals surface area contributed by atoms with Crippen LogP contribution in [-0.2, 0) is 0 Å². The summed E-state index contributed by atoms with van der Waals surface area (Å²) in [5.74, 6) is 6.15. The van der Waals surface area contributed by atoms with Crippen LogP contribution in [0, 0.1) is 0 Å². The topological polar surface area (TPSA) is 116 Å². The van der Waals surface area contributed by atoms with Gasteiger partial charge in [-0.15, -0.1) is 0 Å². The number of hydrogen-bond donors (Lipinski definition) is 0. The van der Waals surface area contributed by atoms with Gasteiger partial charge >= 0.3 is 0 Å². The zero-order chi connectivity index (χ0) is 90.9. The van der Waals surface area contributed by atoms with Gasteiger partial charge in [-0.05, 0) is 160 Å². The second kappa shape index (κ2) is 34.4. The van der Waals surface area contributed by atoms with E-state index in [1.165, 1.54) is 125 Å². The largest absolute Gasteiger partial charge is 0.208 e. The SMILES string of the molecule is C[Si]1(C)c2ccccc2-c2c(-c3nc(-c4ccccc4)nc(-c4ccc(-c5cccc6ccccc56)cc4)n3)cccc21.C[Si]1(C)c2ccccc2-c2cc(-c3nc(-c4ccccc4)nc(-c4ccc(-c5cccc6ccccc56)cc4)n3)ccc21.C[Si]1(C)c2ccccc2-c2cccc(-c3nc(-c4ccc(-c5ccc6ccccc6c5)cc4)nc(-c4cccc(-c5ccccc5)c4)n3)c21. The van der Waals surface area contributed by atoms with E-state index in [0.717, 1.165) is 66.8 Å². The van der Waals surface area contributed by atoms with Gasteiger partial charge in [0.15, 0.2) is 52.4 Å². The Morgan fingerprint density at radius 3 is 0.978 bits per heavy atom. The van der Waals surface area contributed by atoms with E-state index < -0.39 is 24.2 Å². The fourth-order valence-electron chi connectivity index (χ4n) is 20.5.